The number of hydroxylamine groups is 1. The zero-order valence-corrected chi connectivity index (χ0v) is 19.6. The Balaban J connectivity index is 1.69. The topological polar surface area (TPSA) is 208 Å². The predicted octanol–water partition coefficient (Wildman–Crippen LogP) is 0.221. The third-order valence-corrected chi connectivity index (χ3v) is 5.49. The van der Waals surface area contributed by atoms with Gasteiger partial charge in [-0.05, 0) is 41.3 Å². The number of aromatic nitrogens is 1. The lowest BCUT2D eigenvalue weighted by molar-refractivity contribution is -0.137. The number of amides is 3. The number of pyridine rings is 1. The van der Waals surface area contributed by atoms with E-state index in [0.29, 0.717) is 5.82 Å². The van der Waals surface area contributed by atoms with Crippen molar-refractivity contribution in [2.45, 2.75) is 31.3 Å². The second kappa shape index (κ2) is 12.9. The fourth-order valence-corrected chi connectivity index (χ4v) is 3.53. The summed E-state index contributed by atoms with van der Waals surface area (Å²) in [6.45, 7) is 0. The van der Waals surface area contributed by atoms with Crippen molar-refractivity contribution in [3.63, 3.8) is 0 Å². The number of hydrogen-bond donors (Lipinski definition) is 8. The minimum Gasteiger partial charge on any atom is -0.481 e. The molecule has 0 bridgehead atoms. The SMILES string of the molecule is NNc1ccc(C(=O)NC(CCC(=O)O)C(=O)NNC(Cc2ccc3ccccc3c2)C(=O)NO)cn1. The molecule has 13 nitrogen and oxygen atoms in total. The highest BCUT2D eigenvalue weighted by molar-refractivity contribution is 5.97. The first-order valence-electron chi connectivity index (χ1n) is 11.2. The molecule has 0 saturated heterocycles. The number of aliphatic carboxylic acids is 1. The molecule has 1 heterocycles. The minimum atomic E-state index is -1.25. The highest BCUT2D eigenvalue weighted by Gasteiger charge is 2.25. The number of nitrogens with one attached hydrogen (secondary N) is 5. The van der Waals surface area contributed by atoms with E-state index >= 15 is 0 Å². The van der Waals surface area contributed by atoms with Crippen LogP contribution in [0.1, 0.15) is 28.8 Å². The lowest BCUT2D eigenvalue weighted by Gasteiger charge is -2.21. The first-order chi connectivity index (χ1) is 17.8. The summed E-state index contributed by atoms with van der Waals surface area (Å²) in [5, 5.41) is 22.6. The normalized spacial score (nSPS) is 12.3. The van der Waals surface area contributed by atoms with Crippen molar-refractivity contribution in [2.24, 2.45) is 5.84 Å². The molecule has 37 heavy (non-hydrogen) atoms. The van der Waals surface area contributed by atoms with Gasteiger partial charge in [0.1, 0.15) is 17.9 Å². The summed E-state index contributed by atoms with van der Waals surface area (Å²) < 4.78 is 0. The maximum Gasteiger partial charge on any atom is 0.303 e. The van der Waals surface area contributed by atoms with Gasteiger partial charge in [0, 0.05) is 12.6 Å². The van der Waals surface area contributed by atoms with E-state index < -0.39 is 42.2 Å². The molecular weight excluding hydrogens is 482 g/mol. The summed E-state index contributed by atoms with van der Waals surface area (Å²) in [6.07, 6.45) is 0.729. The van der Waals surface area contributed by atoms with E-state index in [1.165, 1.54) is 18.3 Å². The molecule has 1 aromatic heterocycles. The summed E-state index contributed by atoms with van der Waals surface area (Å²) in [5.41, 5.74) is 9.66. The number of carboxylic acids is 1. The van der Waals surface area contributed by atoms with E-state index in [1.807, 2.05) is 42.5 Å². The third-order valence-electron chi connectivity index (χ3n) is 5.49. The predicted molar refractivity (Wildman–Crippen MR) is 133 cm³/mol. The van der Waals surface area contributed by atoms with Gasteiger partial charge in [-0.15, -0.1) is 0 Å². The average Bonchev–Trinajstić information content (AvgIpc) is 2.92. The van der Waals surface area contributed by atoms with E-state index in [1.54, 1.807) is 5.48 Å². The van der Waals surface area contributed by atoms with Gasteiger partial charge in [0.2, 0.25) is 0 Å². The van der Waals surface area contributed by atoms with E-state index in [9.17, 15) is 19.2 Å². The number of nitrogens with zero attached hydrogens (tertiary/aromatic N) is 1. The van der Waals surface area contributed by atoms with Crippen molar-refractivity contribution in [1.29, 1.82) is 0 Å². The number of rotatable bonds is 12. The highest BCUT2D eigenvalue weighted by Crippen LogP contribution is 2.16. The molecule has 3 amide bonds. The molecule has 0 fully saturated rings. The first-order valence-corrected chi connectivity index (χ1v) is 11.2. The fourth-order valence-electron chi connectivity index (χ4n) is 3.53. The van der Waals surface area contributed by atoms with Gasteiger partial charge < -0.3 is 15.8 Å². The lowest BCUT2D eigenvalue weighted by atomic mass is 10.0. The van der Waals surface area contributed by atoms with Crippen LogP contribution >= 0.6 is 0 Å². The van der Waals surface area contributed by atoms with Crippen molar-refractivity contribution < 1.29 is 29.5 Å². The van der Waals surface area contributed by atoms with Crippen LogP contribution in [0.25, 0.3) is 10.8 Å². The van der Waals surface area contributed by atoms with Gasteiger partial charge in [0.05, 0.1) is 5.56 Å². The zero-order valence-electron chi connectivity index (χ0n) is 19.6. The number of carbonyl (C=O) groups is 4. The Morgan fingerprint density at radius 1 is 0.946 bits per heavy atom. The van der Waals surface area contributed by atoms with Gasteiger partial charge in [-0.2, -0.15) is 0 Å². The second-order valence-corrected chi connectivity index (χ2v) is 8.08. The molecule has 0 aliphatic heterocycles. The smallest absolute Gasteiger partial charge is 0.303 e. The fraction of sp³-hybridized carbons (Fsp3) is 0.208. The molecule has 3 rings (SSSR count). The number of hydrogen-bond acceptors (Lipinski definition) is 9. The Morgan fingerprint density at radius 3 is 2.35 bits per heavy atom. The van der Waals surface area contributed by atoms with Crippen LogP contribution in [0, 0.1) is 0 Å². The number of nitrogens with two attached hydrogens (primary N) is 1. The number of carbonyl (C=O) groups excluding carboxylic acids is 3. The molecule has 13 heteroatoms. The molecule has 2 unspecified atom stereocenters. The summed E-state index contributed by atoms with van der Waals surface area (Å²) >= 11 is 0. The second-order valence-electron chi connectivity index (χ2n) is 8.08. The van der Waals surface area contributed by atoms with Crippen LogP contribution in [0.3, 0.4) is 0 Å². The van der Waals surface area contributed by atoms with Crippen molar-refractivity contribution in [2.75, 3.05) is 5.43 Å². The van der Waals surface area contributed by atoms with E-state index in [-0.39, 0.29) is 18.4 Å². The highest BCUT2D eigenvalue weighted by atomic mass is 16.5. The molecule has 2 aromatic carbocycles. The average molecular weight is 510 g/mol. The van der Waals surface area contributed by atoms with Crippen LogP contribution in [-0.4, -0.2) is 51.1 Å². The Morgan fingerprint density at radius 2 is 1.70 bits per heavy atom. The first kappa shape index (κ1) is 27.0. The van der Waals surface area contributed by atoms with E-state index in [0.717, 1.165) is 16.3 Å². The standard InChI is InChI=1S/C24H27N7O6/c25-28-20-9-7-17(13-26-20)22(34)27-18(8-10-21(32)33)23(35)30-29-19(24(36)31-37)12-14-5-6-15-3-1-2-4-16(15)11-14/h1-7,9,11,13,18-19,29,37H,8,10,12,25H2,(H,26,28)(H,27,34)(H,30,35)(H,31,36)(H,32,33). The summed E-state index contributed by atoms with van der Waals surface area (Å²) in [6, 6.07) is 13.8. The number of anilines is 1. The maximum atomic E-state index is 12.8. The van der Waals surface area contributed by atoms with E-state index in [2.05, 4.69) is 26.6 Å². The lowest BCUT2D eigenvalue weighted by Crippen LogP contribution is -2.57. The minimum absolute atomic E-state index is 0.108. The van der Waals surface area contributed by atoms with E-state index in [4.69, 9.17) is 16.2 Å². The van der Waals surface area contributed by atoms with Crippen LogP contribution in [-0.2, 0) is 20.8 Å². The number of fused-ring (bicyclic) bond motifs is 1. The summed E-state index contributed by atoms with van der Waals surface area (Å²) in [5.74, 6) is 2.16. The zero-order chi connectivity index (χ0) is 26.8. The van der Waals surface area contributed by atoms with Gasteiger partial charge in [-0.1, -0.05) is 42.5 Å². The summed E-state index contributed by atoms with van der Waals surface area (Å²) in [4.78, 5) is 52.7. The molecule has 0 aliphatic carbocycles. The van der Waals surface area contributed by atoms with Crippen molar-refractivity contribution >= 4 is 40.3 Å². The molecule has 0 aliphatic rings. The largest absolute Gasteiger partial charge is 0.481 e. The number of carboxylic acid groups (broad SMARTS) is 1. The molecular formula is C24H27N7O6. The number of hydrazine groups is 2. The van der Waals surface area contributed by atoms with Gasteiger partial charge in [0.25, 0.3) is 17.7 Å². The van der Waals surface area contributed by atoms with Crippen LogP contribution in [0.5, 0.6) is 0 Å². The van der Waals surface area contributed by atoms with Crippen LogP contribution < -0.4 is 32.9 Å². The Hall–Kier alpha value is -4.59. The Labute approximate surface area is 211 Å². The van der Waals surface area contributed by atoms with Crippen LogP contribution in [0.2, 0.25) is 0 Å². The quantitative estimate of drug-likeness (QED) is 0.0946. The third kappa shape index (κ3) is 7.70. The van der Waals surface area contributed by atoms with Crippen LogP contribution in [0.15, 0.2) is 60.8 Å². The molecule has 3 aromatic rings. The van der Waals surface area contributed by atoms with Gasteiger partial charge in [-0.3, -0.25) is 29.8 Å². The van der Waals surface area contributed by atoms with Crippen LogP contribution in [0.4, 0.5) is 5.82 Å². The van der Waals surface area contributed by atoms with Crippen molar-refractivity contribution in [3.05, 3.63) is 71.9 Å². The molecule has 0 saturated carbocycles. The number of nitrogen functional groups attached to an aromatic ring is 1. The van der Waals surface area contributed by atoms with Crippen molar-refractivity contribution in [1.82, 2.24) is 26.6 Å². The van der Waals surface area contributed by atoms with Gasteiger partial charge in [0.15, 0.2) is 0 Å². The molecule has 9 N–H and O–H groups in total. The summed E-state index contributed by atoms with van der Waals surface area (Å²) in [7, 11) is 0. The monoisotopic (exact) mass is 509 g/mol. The molecule has 2 atom stereocenters. The molecule has 194 valence electrons. The van der Waals surface area contributed by atoms with Crippen molar-refractivity contribution in [3.8, 4) is 0 Å². The maximum absolute atomic E-state index is 12.8. The molecule has 0 spiro atoms. The van der Waals surface area contributed by atoms with Gasteiger partial charge in [-0.25, -0.2) is 21.7 Å². The van der Waals surface area contributed by atoms with Gasteiger partial charge >= 0.3 is 5.97 Å². The number of benzene rings is 2. The molecule has 0 radical (unpaired) electrons. The Kier molecular flexibility index (Phi) is 9.43. The Bertz CT molecular complexity index is 1270.